The van der Waals surface area contributed by atoms with Crippen LogP contribution in [0.25, 0.3) is 0 Å². The molecular formula is C18H22FN. The molecule has 0 unspecified atom stereocenters. The lowest BCUT2D eigenvalue weighted by atomic mass is 10.0. The van der Waals surface area contributed by atoms with Crippen LogP contribution in [0.4, 0.5) is 4.39 Å². The molecule has 2 rings (SSSR count). The lowest BCUT2D eigenvalue weighted by Gasteiger charge is -2.16. The van der Waals surface area contributed by atoms with Crippen molar-refractivity contribution < 1.29 is 4.39 Å². The normalized spacial score (nSPS) is 12.4. The molecule has 2 aromatic carbocycles. The number of aryl methyl sites for hydroxylation is 3. The molecule has 0 radical (unpaired) electrons. The minimum Gasteiger partial charge on any atom is -0.306 e. The van der Waals surface area contributed by atoms with Gasteiger partial charge in [0.1, 0.15) is 5.82 Å². The Balaban J connectivity index is 2.05. The van der Waals surface area contributed by atoms with Crippen LogP contribution in [0, 0.1) is 26.6 Å². The third kappa shape index (κ3) is 3.45. The Hall–Kier alpha value is -1.67. The Kier molecular flexibility index (Phi) is 4.56. The summed E-state index contributed by atoms with van der Waals surface area (Å²) < 4.78 is 12.9. The summed E-state index contributed by atoms with van der Waals surface area (Å²) in [6.45, 7) is 9.35. The van der Waals surface area contributed by atoms with E-state index in [0.717, 1.165) is 12.1 Å². The molecule has 0 aliphatic rings. The van der Waals surface area contributed by atoms with E-state index in [1.54, 1.807) is 0 Å². The molecule has 0 fully saturated rings. The maximum atomic E-state index is 12.9. The zero-order valence-electron chi connectivity index (χ0n) is 12.6. The maximum Gasteiger partial charge on any atom is 0.123 e. The average Bonchev–Trinajstić information content (AvgIpc) is 2.42. The van der Waals surface area contributed by atoms with Crippen molar-refractivity contribution in [2.45, 2.75) is 40.3 Å². The summed E-state index contributed by atoms with van der Waals surface area (Å²) >= 11 is 0. The highest BCUT2D eigenvalue weighted by molar-refractivity contribution is 5.36. The van der Waals surface area contributed by atoms with Gasteiger partial charge in [0.05, 0.1) is 0 Å². The molecule has 0 heterocycles. The van der Waals surface area contributed by atoms with Crippen LogP contribution in [0.1, 0.15) is 40.8 Å². The number of halogens is 1. The fraction of sp³-hybridized carbons (Fsp3) is 0.333. The van der Waals surface area contributed by atoms with Gasteiger partial charge < -0.3 is 5.32 Å². The van der Waals surface area contributed by atoms with Crippen molar-refractivity contribution in [2.24, 2.45) is 0 Å². The van der Waals surface area contributed by atoms with Crippen molar-refractivity contribution in [1.82, 2.24) is 5.32 Å². The number of hydrogen-bond acceptors (Lipinski definition) is 1. The van der Waals surface area contributed by atoms with Crippen LogP contribution in [0.5, 0.6) is 0 Å². The summed E-state index contributed by atoms with van der Waals surface area (Å²) in [6.07, 6.45) is 0. The van der Waals surface area contributed by atoms with Crippen LogP contribution in [0.2, 0.25) is 0 Å². The third-order valence-electron chi connectivity index (χ3n) is 3.92. The summed E-state index contributed by atoms with van der Waals surface area (Å²) in [4.78, 5) is 0. The van der Waals surface area contributed by atoms with Crippen LogP contribution in [0.3, 0.4) is 0 Å². The first-order chi connectivity index (χ1) is 9.47. The second-order valence-corrected chi connectivity index (χ2v) is 5.52. The van der Waals surface area contributed by atoms with Gasteiger partial charge in [-0.1, -0.05) is 24.3 Å². The van der Waals surface area contributed by atoms with Crippen molar-refractivity contribution in [3.05, 3.63) is 70.0 Å². The van der Waals surface area contributed by atoms with Gasteiger partial charge in [0.2, 0.25) is 0 Å². The number of rotatable bonds is 4. The van der Waals surface area contributed by atoms with Crippen molar-refractivity contribution in [3.8, 4) is 0 Å². The van der Waals surface area contributed by atoms with Crippen LogP contribution in [-0.2, 0) is 6.54 Å². The summed E-state index contributed by atoms with van der Waals surface area (Å²) in [6, 6.07) is 11.4. The summed E-state index contributed by atoms with van der Waals surface area (Å²) in [5.74, 6) is -0.189. The Labute approximate surface area is 120 Å². The van der Waals surface area contributed by atoms with Gasteiger partial charge in [-0.3, -0.25) is 0 Å². The van der Waals surface area contributed by atoms with Gasteiger partial charge in [0.25, 0.3) is 0 Å². The Bertz CT molecular complexity index is 587. The lowest BCUT2D eigenvalue weighted by Crippen LogP contribution is -2.18. The van der Waals surface area contributed by atoms with Crippen molar-refractivity contribution in [3.63, 3.8) is 0 Å². The van der Waals surface area contributed by atoms with Gasteiger partial charge in [0.15, 0.2) is 0 Å². The summed E-state index contributed by atoms with van der Waals surface area (Å²) in [7, 11) is 0. The molecule has 0 aliphatic heterocycles. The first-order valence-corrected chi connectivity index (χ1v) is 7.03. The molecule has 0 bridgehead atoms. The highest BCUT2D eigenvalue weighted by Gasteiger charge is 2.07. The second kappa shape index (κ2) is 6.19. The van der Waals surface area contributed by atoms with Crippen LogP contribution >= 0.6 is 0 Å². The van der Waals surface area contributed by atoms with Gasteiger partial charge in [0, 0.05) is 12.6 Å². The van der Waals surface area contributed by atoms with Crippen LogP contribution in [0.15, 0.2) is 36.4 Å². The predicted octanol–water partition coefficient (Wildman–Crippen LogP) is 4.60. The van der Waals surface area contributed by atoms with Gasteiger partial charge in [-0.25, -0.2) is 4.39 Å². The highest BCUT2D eigenvalue weighted by Crippen LogP contribution is 2.18. The molecule has 0 amide bonds. The summed E-state index contributed by atoms with van der Waals surface area (Å²) in [5.41, 5.74) is 6.39. The van der Waals surface area contributed by atoms with E-state index in [-0.39, 0.29) is 11.9 Å². The third-order valence-corrected chi connectivity index (χ3v) is 3.92. The van der Waals surface area contributed by atoms with Gasteiger partial charge in [-0.15, -0.1) is 0 Å². The molecule has 0 spiro atoms. The van der Waals surface area contributed by atoms with E-state index < -0.39 is 0 Å². The molecule has 1 N–H and O–H groups in total. The Morgan fingerprint density at radius 3 is 2.20 bits per heavy atom. The molecule has 0 aliphatic carbocycles. The summed E-state index contributed by atoms with van der Waals surface area (Å²) in [5, 5.41) is 3.50. The first kappa shape index (κ1) is 14.7. The Morgan fingerprint density at radius 1 is 0.950 bits per heavy atom. The molecule has 2 heteroatoms. The minimum absolute atomic E-state index is 0.189. The van der Waals surface area contributed by atoms with E-state index in [2.05, 4.69) is 45.1 Å². The topological polar surface area (TPSA) is 12.0 Å². The second-order valence-electron chi connectivity index (χ2n) is 5.52. The largest absolute Gasteiger partial charge is 0.306 e. The zero-order chi connectivity index (χ0) is 14.7. The molecule has 2 aromatic rings. The zero-order valence-corrected chi connectivity index (χ0v) is 12.6. The van der Waals surface area contributed by atoms with E-state index >= 15 is 0 Å². The van der Waals surface area contributed by atoms with Crippen molar-refractivity contribution >= 4 is 0 Å². The number of benzene rings is 2. The van der Waals surface area contributed by atoms with Crippen molar-refractivity contribution in [1.29, 1.82) is 0 Å². The van der Waals surface area contributed by atoms with E-state index in [1.165, 1.54) is 34.4 Å². The predicted molar refractivity (Wildman–Crippen MR) is 82.3 cm³/mol. The first-order valence-electron chi connectivity index (χ1n) is 7.03. The van der Waals surface area contributed by atoms with Crippen molar-refractivity contribution in [2.75, 3.05) is 0 Å². The monoisotopic (exact) mass is 271 g/mol. The molecule has 0 aromatic heterocycles. The van der Waals surface area contributed by atoms with Crippen LogP contribution in [-0.4, -0.2) is 0 Å². The van der Waals surface area contributed by atoms with Gasteiger partial charge in [-0.2, -0.15) is 0 Å². The molecular weight excluding hydrogens is 249 g/mol. The molecule has 106 valence electrons. The highest BCUT2D eigenvalue weighted by atomic mass is 19.1. The lowest BCUT2D eigenvalue weighted by molar-refractivity contribution is 0.569. The van der Waals surface area contributed by atoms with E-state index in [0.29, 0.717) is 0 Å². The van der Waals surface area contributed by atoms with Gasteiger partial charge >= 0.3 is 0 Å². The quantitative estimate of drug-likeness (QED) is 0.856. The van der Waals surface area contributed by atoms with E-state index in [1.807, 2.05) is 12.1 Å². The fourth-order valence-corrected chi connectivity index (χ4v) is 2.34. The average molecular weight is 271 g/mol. The number of nitrogens with one attached hydrogen (secondary N) is 1. The molecule has 1 atom stereocenters. The smallest absolute Gasteiger partial charge is 0.123 e. The van der Waals surface area contributed by atoms with Crippen LogP contribution < -0.4 is 5.32 Å². The SMILES string of the molecule is Cc1cc(C)c(CN[C@H](C)c2ccc(F)cc2)cc1C. The molecule has 0 saturated heterocycles. The standard InChI is InChI=1S/C18H22FN/c1-12-9-14(3)17(10-13(12)2)11-20-15(4)16-5-7-18(19)8-6-16/h5-10,15,20H,11H2,1-4H3/t15-/m1/s1. The molecule has 20 heavy (non-hydrogen) atoms. The fourth-order valence-electron chi connectivity index (χ4n) is 2.34. The number of hydrogen-bond donors (Lipinski definition) is 1. The molecule has 0 saturated carbocycles. The maximum absolute atomic E-state index is 12.9. The molecule has 1 nitrogen and oxygen atoms in total. The van der Waals surface area contributed by atoms with E-state index in [9.17, 15) is 4.39 Å². The minimum atomic E-state index is -0.189. The van der Waals surface area contributed by atoms with Gasteiger partial charge in [-0.05, 0) is 67.6 Å². The van der Waals surface area contributed by atoms with E-state index in [4.69, 9.17) is 0 Å². The Morgan fingerprint density at radius 2 is 1.55 bits per heavy atom.